The van der Waals surface area contributed by atoms with Crippen LogP contribution < -0.4 is 27.0 Å². The van der Waals surface area contributed by atoms with Crippen molar-refractivity contribution in [3.63, 3.8) is 0 Å². The van der Waals surface area contributed by atoms with E-state index in [0.717, 1.165) is 0 Å². The zero-order chi connectivity index (χ0) is 26.4. The van der Waals surface area contributed by atoms with E-state index in [1.54, 1.807) is 41.5 Å². The molecule has 0 fully saturated rings. The predicted molar refractivity (Wildman–Crippen MR) is 127 cm³/mol. The fourth-order valence-electron chi connectivity index (χ4n) is 2.85. The van der Waals surface area contributed by atoms with Crippen LogP contribution in [0.25, 0.3) is 0 Å². The molecular formula is C22H43N5O7. The van der Waals surface area contributed by atoms with E-state index >= 15 is 0 Å². The second-order valence-corrected chi connectivity index (χ2v) is 10.00. The Morgan fingerprint density at radius 2 is 1.38 bits per heavy atom. The summed E-state index contributed by atoms with van der Waals surface area (Å²) in [6, 6.07) is -1.02. The third kappa shape index (κ3) is 18.8. The van der Waals surface area contributed by atoms with Gasteiger partial charge in [0.15, 0.2) is 0 Å². The van der Waals surface area contributed by atoms with Crippen molar-refractivity contribution in [2.75, 3.05) is 19.6 Å². The number of nitrogens with one attached hydrogen (secondary N) is 4. The van der Waals surface area contributed by atoms with Crippen molar-refractivity contribution in [3.05, 3.63) is 0 Å². The topological polar surface area (TPSA) is 181 Å². The molecule has 12 heteroatoms. The van der Waals surface area contributed by atoms with Gasteiger partial charge in [0.1, 0.15) is 11.2 Å². The fraction of sp³-hybridized carbons (Fsp3) is 0.818. The average Bonchev–Trinajstić information content (AvgIpc) is 2.64. The van der Waals surface area contributed by atoms with E-state index in [1.165, 1.54) is 0 Å². The molecule has 198 valence electrons. The van der Waals surface area contributed by atoms with Gasteiger partial charge in [-0.15, -0.1) is 0 Å². The lowest BCUT2D eigenvalue weighted by molar-refractivity contribution is -0.121. The summed E-state index contributed by atoms with van der Waals surface area (Å²) in [5.74, 6) is -0.362. The minimum Gasteiger partial charge on any atom is -0.465 e. The second-order valence-electron chi connectivity index (χ2n) is 10.00. The lowest BCUT2D eigenvalue weighted by Crippen LogP contribution is -2.47. The van der Waals surface area contributed by atoms with Gasteiger partial charge in [-0.1, -0.05) is 0 Å². The summed E-state index contributed by atoms with van der Waals surface area (Å²) < 4.78 is 10.5. The number of carboxylic acid groups (broad SMARTS) is 1. The zero-order valence-electron chi connectivity index (χ0n) is 21.3. The summed E-state index contributed by atoms with van der Waals surface area (Å²) in [5, 5.41) is 19.4. The first-order valence-electron chi connectivity index (χ1n) is 11.5. The van der Waals surface area contributed by atoms with Gasteiger partial charge in [0.05, 0.1) is 0 Å². The van der Waals surface area contributed by atoms with E-state index < -0.39 is 41.6 Å². The van der Waals surface area contributed by atoms with Gasteiger partial charge in [0, 0.05) is 31.6 Å². The van der Waals surface area contributed by atoms with Gasteiger partial charge in [-0.05, 0) is 73.8 Å². The van der Waals surface area contributed by atoms with Crippen LogP contribution in [0.3, 0.4) is 0 Å². The highest BCUT2D eigenvalue weighted by Crippen LogP contribution is 2.09. The standard InChI is InChI=1S/C22H43N5O7/c1-21(2,3)33-19(31)24-12-8-10-16(27-20(32)34-22(4,5)6)14-25-17(28)13-15(9-7-11-23)26-18(29)30/h15-16,26H,7-14,23H2,1-6H3,(H,24,31)(H,25,28)(H,27,32)(H,29,30)/t15-,16-/m0/s1. The van der Waals surface area contributed by atoms with Crippen LogP contribution in [-0.4, -0.2) is 72.2 Å². The molecule has 0 radical (unpaired) electrons. The number of ether oxygens (including phenoxy) is 2. The largest absolute Gasteiger partial charge is 0.465 e. The third-order valence-corrected chi connectivity index (χ3v) is 4.18. The minimum absolute atomic E-state index is 0.0499. The normalized spacial score (nSPS) is 13.3. The van der Waals surface area contributed by atoms with Crippen LogP contribution in [0.2, 0.25) is 0 Å². The molecular weight excluding hydrogens is 446 g/mol. The van der Waals surface area contributed by atoms with Crippen molar-refractivity contribution in [1.29, 1.82) is 0 Å². The summed E-state index contributed by atoms with van der Waals surface area (Å²) in [5.41, 5.74) is 4.18. The quantitative estimate of drug-likeness (QED) is 0.213. The predicted octanol–water partition coefficient (Wildman–Crippen LogP) is 2.07. The van der Waals surface area contributed by atoms with E-state index in [2.05, 4.69) is 21.3 Å². The van der Waals surface area contributed by atoms with Crippen molar-refractivity contribution in [3.8, 4) is 0 Å². The molecule has 0 spiro atoms. The van der Waals surface area contributed by atoms with Crippen molar-refractivity contribution in [2.24, 2.45) is 5.73 Å². The number of nitrogens with two attached hydrogens (primary N) is 1. The second kappa shape index (κ2) is 15.2. The summed E-state index contributed by atoms with van der Waals surface area (Å²) in [6.07, 6.45) is -0.457. The highest BCUT2D eigenvalue weighted by atomic mass is 16.6. The van der Waals surface area contributed by atoms with Crippen LogP contribution >= 0.6 is 0 Å². The van der Waals surface area contributed by atoms with E-state index in [0.29, 0.717) is 38.8 Å². The molecule has 0 aliphatic carbocycles. The Balaban J connectivity index is 4.82. The number of rotatable bonds is 13. The Hall–Kier alpha value is -2.76. The first kappa shape index (κ1) is 31.2. The molecule has 7 N–H and O–H groups in total. The van der Waals surface area contributed by atoms with Crippen LogP contribution in [0, 0.1) is 0 Å². The Morgan fingerprint density at radius 3 is 1.91 bits per heavy atom. The molecule has 0 bridgehead atoms. The highest BCUT2D eigenvalue weighted by Gasteiger charge is 2.21. The first-order chi connectivity index (χ1) is 15.6. The third-order valence-electron chi connectivity index (χ3n) is 4.18. The van der Waals surface area contributed by atoms with Gasteiger partial charge in [-0.25, -0.2) is 14.4 Å². The zero-order valence-corrected chi connectivity index (χ0v) is 21.3. The number of carbonyl (C=O) groups is 4. The van der Waals surface area contributed by atoms with Crippen LogP contribution in [-0.2, 0) is 14.3 Å². The van der Waals surface area contributed by atoms with Crippen LogP contribution in [0.1, 0.15) is 73.6 Å². The Bertz CT molecular complexity index is 659. The molecule has 0 aromatic heterocycles. The Morgan fingerprint density at radius 1 is 0.824 bits per heavy atom. The van der Waals surface area contributed by atoms with Gasteiger partial charge in [-0.3, -0.25) is 4.79 Å². The lowest BCUT2D eigenvalue weighted by atomic mass is 10.1. The van der Waals surface area contributed by atoms with E-state index in [9.17, 15) is 19.2 Å². The van der Waals surface area contributed by atoms with Crippen molar-refractivity contribution in [2.45, 2.75) is 96.9 Å². The fourth-order valence-corrected chi connectivity index (χ4v) is 2.85. The molecule has 12 nitrogen and oxygen atoms in total. The molecule has 0 rings (SSSR count). The van der Waals surface area contributed by atoms with E-state index in [1.807, 2.05) is 0 Å². The van der Waals surface area contributed by atoms with Crippen LogP contribution in [0.15, 0.2) is 0 Å². The van der Waals surface area contributed by atoms with Gasteiger partial charge >= 0.3 is 18.3 Å². The minimum atomic E-state index is -1.21. The number of hydrogen-bond donors (Lipinski definition) is 6. The molecule has 0 aromatic carbocycles. The van der Waals surface area contributed by atoms with Gasteiger partial charge in [0.2, 0.25) is 5.91 Å². The molecule has 0 heterocycles. The summed E-state index contributed by atoms with van der Waals surface area (Å²) >= 11 is 0. The Kier molecular flexibility index (Phi) is 14.0. The summed E-state index contributed by atoms with van der Waals surface area (Å²) in [4.78, 5) is 47.3. The molecule has 0 saturated carbocycles. The first-order valence-corrected chi connectivity index (χ1v) is 11.5. The number of alkyl carbamates (subject to hydrolysis) is 2. The van der Waals surface area contributed by atoms with Crippen molar-refractivity contribution < 1.29 is 33.8 Å². The number of carbonyl (C=O) groups excluding carboxylic acids is 3. The molecule has 2 atom stereocenters. The molecule has 0 aliphatic rings. The lowest BCUT2D eigenvalue weighted by Gasteiger charge is -2.24. The molecule has 4 amide bonds. The van der Waals surface area contributed by atoms with Gasteiger partial charge in [0.25, 0.3) is 0 Å². The molecule has 0 aromatic rings. The van der Waals surface area contributed by atoms with Crippen LogP contribution in [0.5, 0.6) is 0 Å². The summed E-state index contributed by atoms with van der Waals surface area (Å²) in [6.45, 7) is 11.3. The smallest absolute Gasteiger partial charge is 0.407 e. The summed E-state index contributed by atoms with van der Waals surface area (Å²) in [7, 11) is 0. The number of amides is 4. The van der Waals surface area contributed by atoms with Gasteiger partial charge < -0.3 is 41.6 Å². The monoisotopic (exact) mass is 489 g/mol. The van der Waals surface area contributed by atoms with Gasteiger partial charge in [-0.2, -0.15) is 0 Å². The maximum absolute atomic E-state index is 12.4. The van der Waals surface area contributed by atoms with Crippen molar-refractivity contribution in [1.82, 2.24) is 21.3 Å². The average molecular weight is 490 g/mol. The highest BCUT2D eigenvalue weighted by molar-refractivity contribution is 5.77. The van der Waals surface area contributed by atoms with E-state index in [4.69, 9.17) is 20.3 Å². The molecule has 0 aliphatic heterocycles. The number of hydrogen-bond acceptors (Lipinski definition) is 7. The molecule has 34 heavy (non-hydrogen) atoms. The maximum atomic E-state index is 12.4. The SMILES string of the molecule is CC(C)(C)OC(=O)NCCC[C@@H](CNC(=O)C[C@H](CCCN)NC(=O)O)NC(=O)OC(C)(C)C. The maximum Gasteiger partial charge on any atom is 0.407 e. The van der Waals surface area contributed by atoms with E-state index in [-0.39, 0.29) is 18.9 Å². The van der Waals surface area contributed by atoms with Crippen LogP contribution in [0.4, 0.5) is 14.4 Å². The Labute approximate surface area is 202 Å². The molecule has 0 unspecified atom stereocenters. The van der Waals surface area contributed by atoms with Crippen molar-refractivity contribution >= 4 is 24.2 Å². The molecule has 0 saturated heterocycles.